The summed E-state index contributed by atoms with van der Waals surface area (Å²) in [5, 5.41) is 3.27. The Bertz CT molecular complexity index is 397. The second kappa shape index (κ2) is 7.87. The van der Waals surface area contributed by atoms with Gasteiger partial charge in [-0.1, -0.05) is 0 Å². The van der Waals surface area contributed by atoms with Gasteiger partial charge in [-0.15, -0.1) is 0 Å². The van der Waals surface area contributed by atoms with Gasteiger partial charge in [0.05, 0.1) is 24.0 Å². The van der Waals surface area contributed by atoms with Gasteiger partial charge in [0.2, 0.25) is 0 Å². The molecule has 0 unspecified atom stereocenters. The van der Waals surface area contributed by atoms with Gasteiger partial charge in [0.25, 0.3) is 0 Å². The molecule has 0 aromatic heterocycles. The molecule has 3 N–H and O–H groups in total. The summed E-state index contributed by atoms with van der Waals surface area (Å²) in [6.45, 7) is 0.891. The van der Waals surface area contributed by atoms with Crippen LogP contribution in [0, 0.1) is 0 Å². The van der Waals surface area contributed by atoms with Crippen LogP contribution in [0.3, 0.4) is 0 Å². The largest absolute Gasteiger partial charge is 0.465 e. The van der Waals surface area contributed by atoms with Gasteiger partial charge >= 0.3 is 5.97 Å². The number of nitrogens with one attached hydrogen (secondary N) is 1. The number of esters is 1. The molecule has 0 saturated carbocycles. The maximum atomic E-state index is 11.3. The first-order chi connectivity index (χ1) is 8.69. The first-order valence-corrected chi connectivity index (χ1v) is 7.29. The third-order valence-corrected chi connectivity index (χ3v) is 3.26. The number of nitrogens with two attached hydrogens (primary N) is 1. The molecule has 5 heteroatoms. The van der Waals surface area contributed by atoms with Crippen molar-refractivity contribution in [2.45, 2.75) is 12.8 Å². The minimum absolute atomic E-state index is 0.367. The van der Waals surface area contributed by atoms with Gasteiger partial charge in [0.15, 0.2) is 0 Å². The van der Waals surface area contributed by atoms with Crippen LogP contribution in [0.25, 0.3) is 0 Å². The fraction of sp³-hybridized carbons (Fsp3) is 0.462. The summed E-state index contributed by atoms with van der Waals surface area (Å²) in [5.41, 5.74) is 7.79. The fourth-order valence-corrected chi connectivity index (χ4v) is 2.06. The molecule has 0 bridgehead atoms. The molecule has 1 aromatic carbocycles. The summed E-state index contributed by atoms with van der Waals surface area (Å²) in [6.07, 6.45) is 4.41. The number of rotatable bonds is 7. The zero-order valence-electron chi connectivity index (χ0n) is 10.9. The molecule has 0 saturated heterocycles. The quantitative estimate of drug-likeness (QED) is 0.452. The number of carbonyl (C=O) groups excluding carboxylic acids is 1. The molecular formula is C13H20N2O2S. The van der Waals surface area contributed by atoms with Crippen LogP contribution in [0.4, 0.5) is 11.4 Å². The van der Waals surface area contributed by atoms with E-state index >= 15 is 0 Å². The Morgan fingerprint density at radius 1 is 1.44 bits per heavy atom. The van der Waals surface area contributed by atoms with Gasteiger partial charge in [-0.05, 0) is 43.0 Å². The van der Waals surface area contributed by atoms with E-state index in [1.54, 1.807) is 12.1 Å². The maximum absolute atomic E-state index is 11.3. The second-order valence-corrected chi connectivity index (χ2v) is 4.91. The third-order valence-electron chi connectivity index (χ3n) is 2.56. The molecule has 1 aromatic rings. The van der Waals surface area contributed by atoms with Crippen molar-refractivity contribution in [3.8, 4) is 0 Å². The molecule has 18 heavy (non-hydrogen) atoms. The Morgan fingerprint density at radius 2 is 2.22 bits per heavy atom. The number of methoxy groups -OCH3 is 1. The van der Waals surface area contributed by atoms with Crippen molar-refractivity contribution in [3.63, 3.8) is 0 Å². The van der Waals surface area contributed by atoms with E-state index in [0.29, 0.717) is 11.3 Å². The van der Waals surface area contributed by atoms with Crippen molar-refractivity contribution < 1.29 is 9.53 Å². The van der Waals surface area contributed by atoms with Crippen LogP contribution < -0.4 is 11.1 Å². The van der Waals surface area contributed by atoms with Crippen molar-refractivity contribution in [1.29, 1.82) is 0 Å². The Morgan fingerprint density at radius 3 is 2.83 bits per heavy atom. The molecule has 100 valence electrons. The first kappa shape index (κ1) is 14.7. The van der Waals surface area contributed by atoms with Gasteiger partial charge in [-0.25, -0.2) is 4.79 Å². The van der Waals surface area contributed by atoms with Gasteiger partial charge in [0, 0.05) is 6.54 Å². The molecule has 0 aliphatic rings. The summed E-state index contributed by atoms with van der Waals surface area (Å²) in [7, 11) is 1.36. The Hall–Kier alpha value is -1.36. The average Bonchev–Trinajstić information content (AvgIpc) is 2.39. The van der Waals surface area contributed by atoms with Crippen molar-refractivity contribution in [3.05, 3.63) is 23.8 Å². The summed E-state index contributed by atoms with van der Waals surface area (Å²) >= 11 is 1.85. The van der Waals surface area contributed by atoms with Crippen molar-refractivity contribution in [1.82, 2.24) is 0 Å². The number of thioether (sulfide) groups is 1. The first-order valence-electron chi connectivity index (χ1n) is 5.89. The Kier molecular flexibility index (Phi) is 6.43. The fourth-order valence-electron chi connectivity index (χ4n) is 1.56. The highest BCUT2D eigenvalue weighted by Gasteiger charge is 2.07. The van der Waals surface area contributed by atoms with Crippen LogP contribution >= 0.6 is 11.8 Å². The summed E-state index contributed by atoms with van der Waals surface area (Å²) < 4.78 is 4.64. The molecule has 0 radical (unpaired) electrons. The molecule has 4 nitrogen and oxygen atoms in total. The van der Waals surface area contributed by atoms with E-state index in [1.165, 1.54) is 19.3 Å². The lowest BCUT2D eigenvalue weighted by Gasteiger charge is -2.10. The number of carbonyl (C=O) groups is 1. The molecule has 0 atom stereocenters. The van der Waals surface area contributed by atoms with Crippen molar-refractivity contribution in [2.24, 2.45) is 0 Å². The van der Waals surface area contributed by atoms with Crippen molar-refractivity contribution in [2.75, 3.05) is 36.7 Å². The maximum Gasteiger partial charge on any atom is 0.337 e. The number of unbranched alkanes of at least 4 members (excludes halogenated alkanes) is 1. The molecule has 0 amide bonds. The van der Waals surface area contributed by atoms with Gasteiger partial charge in [-0.2, -0.15) is 11.8 Å². The lowest BCUT2D eigenvalue weighted by Crippen LogP contribution is -2.07. The number of ether oxygens (including phenoxy) is 1. The van der Waals surface area contributed by atoms with Crippen LogP contribution in [0.15, 0.2) is 18.2 Å². The minimum Gasteiger partial charge on any atom is -0.465 e. The molecule has 0 heterocycles. The van der Waals surface area contributed by atoms with E-state index < -0.39 is 0 Å². The molecule has 0 spiro atoms. The van der Waals surface area contributed by atoms with Gasteiger partial charge in [0.1, 0.15) is 0 Å². The van der Waals surface area contributed by atoms with Gasteiger partial charge in [-0.3, -0.25) is 0 Å². The van der Waals surface area contributed by atoms with E-state index in [2.05, 4.69) is 16.3 Å². The minimum atomic E-state index is -0.367. The van der Waals surface area contributed by atoms with Crippen LogP contribution in [0.1, 0.15) is 23.2 Å². The van der Waals surface area contributed by atoms with E-state index in [0.717, 1.165) is 18.7 Å². The van der Waals surface area contributed by atoms with Crippen LogP contribution in [-0.2, 0) is 4.74 Å². The van der Waals surface area contributed by atoms with E-state index in [-0.39, 0.29) is 5.97 Å². The highest BCUT2D eigenvalue weighted by molar-refractivity contribution is 7.98. The lowest BCUT2D eigenvalue weighted by molar-refractivity contribution is 0.0601. The lowest BCUT2D eigenvalue weighted by atomic mass is 10.1. The average molecular weight is 268 g/mol. The number of nitrogen functional groups attached to an aromatic ring is 1. The molecule has 0 fully saturated rings. The van der Waals surface area contributed by atoms with Crippen LogP contribution in [-0.4, -0.2) is 31.6 Å². The zero-order valence-corrected chi connectivity index (χ0v) is 11.7. The normalized spacial score (nSPS) is 10.1. The number of anilines is 2. The summed E-state index contributed by atoms with van der Waals surface area (Å²) in [6, 6.07) is 5.17. The Labute approximate surface area is 112 Å². The molecule has 0 aliphatic carbocycles. The molecule has 1 rings (SSSR count). The predicted molar refractivity (Wildman–Crippen MR) is 78.3 cm³/mol. The topological polar surface area (TPSA) is 64.3 Å². The zero-order chi connectivity index (χ0) is 13.4. The predicted octanol–water partition coefficient (Wildman–Crippen LogP) is 2.61. The molecular weight excluding hydrogens is 248 g/mol. The number of benzene rings is 1. The van der Waals surface area contributed by atoms with E-state index in [9.17, 15) is 4.79 Å². The SMILES string of the molecule is COC(=O)c1ccc(NCCCCSC)c(N)c1. The van der Waals surface area contributed by atoms with E-state index in [1.807, 2.05) is 17.8 Å². The number of hydrogen-bond acceptors (Lipinski definition) is 5. The third kappa shape index (κ3) is 4.49. The highest BCUT2D eigenvalue weighted by Crippen LogP contribution is 2.20. The Balaban J connectivity index is 2.49. The summed E-state index contributed by atoms with van der Waals surface area (Å²) in [4.78, 5) is 11.3. The molecule has 0 aliphatic heterocycles. The van der Waals surface area contributed by atoms with E-state index in [4.69, 9.17) is 5.73 Å². The van der Waals surface area contributed by atoms with Crippen LogP contribution in [0.2, 0.25) is 0 Å². The summed E-state index contributed by atoms with van der Waals surface area (Å²) in [5.74, 6) is 0.812. The van der Waals surface area contributed by atoms with Crippen molar-refractivity contribution >= 4 is 29.1 Å². The van der Waals surface area contributed by atoms with Crippen LogP contribution in [0.5, 0.6) is 0 Å². The standard InChI is InChI=1S/C13H20N2O2S/c1-17-13(16)10-5-6-12(11(14)9-10)15-7-3-4-8-18-2/h5-6,9,15H,3-4,7-8,14H2,1-2H3. The highest BCUT2D eigenvalue weighted by atomic mass is 32.2. The number of hydrogen-bond donors (Lipinski definition) is 2. The second-order valence-electron chi connectivity index (χ2n) is 3.92. The smallest absolute Gasteiger partial charge is 0.337 e. The monoisotopic (exact) mass is 268 g/mol. The van der Waals surface area contributed by atoms with Gasteiger partial charge < -0.3 is 15.8 Å².